The first kappa shape index (κ1) is 10.2. The molecule has 1 aliphatic rings. The number of hydrogen-bond acceptors (Lipinski definition) is 4. The molecule has 0 fully saturated rings. The molecule has 0 atom stereocenters. The number of nitrogen functional groups attached to an aromatic ring is 1. The third-order valence-electron chi connectivity index (χ3n) is 3.13. The van der Waals surface area contributed by atoms with Gasteiger partial charge in [-0.3, -0.25) is 0 Å². The van der Waals surface area contributed by atoms with Crippen molar-refractivity contribution >= 4 is 11.8 Å². The highest BCUT2D eigenvalue weighted by Crippen LogP contribution is 2.38. The van der Waals surface area contributed by atoms with Gasteiger partial charge in [-0.1, -0.05) is 13.8 Å². The first-order valence-corrected chi connectivity index (χ1v) is 5.39. The van der Waals surface area contributed by atoms with Crippen molar-refractivity contribution < 1.29 is 0 Å². The van der Waals surface area contributed by atoms with Gasteiger partial charge in [0.15, 0.2) is 0 Å². The molecule has 0 radical (unpaired) electrons. The lowest BCUT2D eigenvalue weighted by Gasteiger charge is -2.32. The molecule has 4 heteroatoms. The Kier molecular flexibility index (Phi) is 2.29. The summed E-state index contributed by atoms with van der Waals surface area (Å²) in [5.41, 5.74) is 8.38. The van der Waals surface area contributed by atoms with E-state index in [0.29, 0.717) is 11.8 Å². The normalized spacial score (nSPS) is 18.3. The SMILES string of the molecule is CNc1nc(N)c2c(n1)CCCC2(C)C. The monoisotopic (exact) mass is 206 g/mol. The van der Waals surface area contributed by atoms with Gasteiger partial charge in [0.2, 0.25) is 5.95 Å². The lowest BCUT2D eigenvalue weighted by atomic mass is 9.74. The van der Waals surface area contributed by atoms with E-state index in [4.69, 9.17) is 5.73 Å². The summed E-state index contributed by atoms with van der Waals surface area (Å²) in [7, 11) is 1.81. The minimum absolute atomic E-state index is 0.115. The van der Waals surface area contributed by atoms with Crippen molar-refractivity contribution in [3.05, 3.63) is 11.3 Å². The Balaban J connectivity index is 2.58. The summed E-state index contributed by atoms with van der Waals surface area (Å²) in [6.07, 6.45) is 3.35. The Morgan fingerprint density at radius 3 is 2.73 bits per heavy atom. The van der Waals surface area contributed by atoms with Crippen LogP contribution in [0.4, 0.5) is 11.8 Å². The molecule has 0 amide bonds. The van der Waals surface area contributed by atoms with Gasteiger partial charge >= 0.3 is 0 Å². The third-order valence-corrected chi connectivity index (χ3v) is 3.13. The number of aryl methyl sites for hydroxylation is 1. The molecule has 0 aromatic carbocycles. The molecule has 3 N–H and O–H groups in total. The van der Waals surface area contributed by atoms with Gasteiger partial charge in [0, 0.05) is 12.6 Å². The van der Waals surface area contributed by atoms with Crippen molar-refractivity contribution in [3.8, 4) is 0 Å². The van der Waals surface area contributed by atoms with Gasteiger partial charge < -0.3 is 11.1 Å². The maximum atomic E-state index is 6.00. The average Bonchev–Trinajstić information content (AvgIpc) is 2.15. The molecule has 4 nitrogen and oxygen atoms in total. The predicted molar refractivity (Wildman–Crippen MR) is 62.0 cm³/mol. The fraction of sp³-hybridized carbons (Fsp3) is 0.636. The topological polar surface area (TPSA) is 63.8 Å². The van der Waals surface area contributed by atoms with E-state index in [0.717, 1.165) is 24.1 Å². The first-order chi connectivity index (χ1) is 7.04. The summed E-state index contributed by atoms with van der Waals surface area (Å²) in [5, 5.41) is 2.94. The van der Waals surface area contributed by atoms with Crippen molar-refractivity contribution in [2.75, 3.05) is 18.1 Å². The van der Waals surface area contributed by atoms with Gasteiger partial charge in [-0.2, -0.15) is 4.98 Å². The van der Waals surface area contributed by atoms with E-state index in [1.807, 2.05) is 7.05 Å². The zero-order valence-electron chi connectivity index (χ0n) is 9.59. The summed E-state index contributed by atoms with van der Waals surface area (Å²) >= 11 is 0. The van der Waals surface area contributed by atoms with Crippen LogP contribution in [0.15, 0.2) is 0 Å². The number of anilines is 2. The number of aromatic nitrogens is 2. The van der Waals surface area contributed by atoms with Gasteiger partial charge in [-0.05, 0) is 24.7 Å². The minimum atomic E-state index is 0.115. The van der Waals surface area contributed by atoms with E-state index in [9.17, 15) is 0 Å². The molecule has 1 aromatic rings. The average molecular weight is 206 g/mol. The Bertz CT molecular complexity index is 384. The molecule has 82 valence electrons. The lowest BCUT2D eigenvalue weighted by Crippen LogP contribution is -2.27. The number of hydrogen-bond donors (Lipinski definition) is 2. The van der Waals surface area contributed by atoms with Crippen molar-refractivity contribution in [3.63, 3.8) is 0 Å². The van der Waals surface area contributed by atoms with Gasteiger partial charge in [0.05, 0.1) is 5.69 Å². The van der Waals surface area contributed by atoms with Gasteiger partial charge in [0.25, 0.3) is 0 Å². The molecule has 0 spiro atoms. The number of nitrogens with two attached hydrogens (primary N) is 1. The Morgan fingerprint density at radius 2 is 2.07 bits per heavy atom. The number of fused-ring (bicyclic) bond motifs is 1. The van der Waals surface area contributed by atoms with E-state index in [2.05, 4.69) is 29.1 Å². The quantitative estimate of drug-likeness (QED) is 0.734. The standard InChI is InChI=1S/C11H18N4/c1-11(2)6-4-5-7-8(11)9(12)15-10(13-3)14-7/h4-6H2,1-3H3,(H3,12,13,14,15). The summed E-state index contributed by atoms with van der Waals surface area (Å²) < 4.78 is 0. The molecule has 0 aliphatic heterocycles. The predicted octanol–water partition coefficient (Wildman–Crippen LogP) is 1.71. The summed E-state index contributed by atoms with van der Waals surface area (Å²) in [6.45, 7) is 4.42. The van der Waals surface area contributed by atoms with Crippen molar-refractivity contribution in [2.45, 2.75) is 38.5 Å². The van der Waals surface area contributed by atoms with Crippen molar-refractivity contribution in [2.24, 2.45) is 0 Å². The third kappa shape index (κ3) is 1.64. The van der Waals surface area contributed by atoms with Crippen LogP contribution in [-0.2, 0) is 11.8 Å². The Morgan fingerprint density at radius 1 is 1.33 bits per heavy atom. The fourth-order valence-electron chi connectivity index (χ4n) is 2.38. The van der Waals surface area contributed by atoms with Crippen molar-refractivity contribution in [1.82, 2.24) is 9.97 Å². The highest BCUT2D eigenvalue weighted by molar-refractivity contribution is 5.51. The van der Waals surface area contributed by atoms with Gasteiger partial charge in [0.1, 0.15) is 5.82 Å². The number of nitrogens with one attached hydrogen (secondary N) is 1. The van der Waals surface area contributed by atoms with Gasteiger partial charge in [-0.15, -0.1) is 0 Å². The van der Waals surface area contributed by atoms with E-state index < -0.39 is 0 Å². The molecule has 15 heavy (non-hydrogen) atoms. The Labute approximate surface area is 90.3 Å². The van der Waals surface area contributed by atoms with Crippen LogP contribution in [0, 0.1) is 0 Å². The van der Waals surface area contributed by atoms with Crippen molar-refractivity contribution in [1.29, 1.82) is 0 Å². The molecule has 0 bridgehead atoms. The summed E-state index contributed by atoms with van der Waals surface area (Å²) in [6, 6.07) is 0. The molecule has 0 saturated heterocycles. The fourth-order valence-corrected chi connectivity index (χ4v) is 2.38. The van der Waals surface area contributed by atoms with Crippen LogP contribution in [0.25, 0.3) is 0 Å². The van der Waals surface area contributed by atoms with Crippen LogP contribution in [0.2, 0.25) is 0 Å². The molecule has 0 saturated carbocycles. The van der Waals surface area contributed by atoms with Crippen LogP contribution >= 0.6 is 0 Å². The van der Waals surface area contributed by atoms with Crippen LogP contribution < -0.4 is 11.1 Å². The maximum Gasteiger partial charge on any atom is 0.224 e. The molecule has 2 rings (SSSR count). The number of nitrogens with zero attached hydrogens (tertiary/aromatic N) is 2. The summed E-state index contributed by atoms with van der Waals surface area (Å²) in [5.74, 6) is 1.26. The van der Waals surface area contributed by atoms with Gasteiger partial charge in [-0.25, -0.2) is 4.98 Å². The summed E-state index contributed by atoms with van der Waals surface area (Å²) in [4.78, 5) is 8.74. The van der Waals surface area contributed by atoms with Crippen LogP contribution in [0.5, 0.6) is 0 Å². The highest BCUT2D eigenvalue weighted by Gasteiger charge is 2.31. The second-order valence-corrected chi connectivity index (χ2v) is 4.74. The van der Waals surface area contributed by atoms with E-state index >= 15 is 0 Å². The molecular formula is C11H18N4. The second kappa shape index (κ2) is 3.36. The highest BCUT2D eigenvalue weighted by atomic mass is 15.1. The molecule has 0 unspecified atom stereocenters. The van der Waals surface area contributed by atoms with Crippen LogP contribution in [0.1, 0.15) is 37.9 Å². The van der Waals surface area contributed by atoms with E-state index in [1.54, 1.807) is 0 Å². The molecular weight excluding hydrogens is 188 g/mol. The molecule has 1 aliphatic carbocycles. The first-order valence-electron chi connectivity index (χ1n) is 5.39. The zero-order chi connectivity index (χ0) is 11.1. The minimum Gasteiger partial charge on any atom is -0.383 e. The van der Waals surface area contributed by atoms with E-state index in [-0.39, 0.29) is 5.41 Å². The Hall–Kier alpha value is -1.32. The van der Waals surface area contributed by atoms with E-state index in [1.165, 1.54) is 6.42 Å². The zero-order valence-corrected chi connectivity index (χ0v) is 9.59. The largest absolute Gasteiger partial charge is 0.383 e. The second-order valence-electron chi connectivity index (χ2n) is 4.74. The smallest absolute Gasteiger partial charge is 0.224 e. The molecule has 1 aromatic heterocycles. The van der Waals surface area contributed by atoms with Crippen LogP contribution in [-0.4, -0.2) is 17.0 Å². The lowest BCUT2D eigenvalue weighted by molar-refractivity contribution is 0.426. The maximum absolute atomic E-state index is 6.00. The molecule has 1 heterocycles. The van der Waals surface area contributed by atoms with Crippen LogP contribution in [0.3, 0.4) is 0 Å². The number of rotatable bonds is 1.